The van der Waals surface area contributed by atoms with Gasteiger partial charge in [0.2, 0.25) is 0 Å². The maximum absolute atomic E-state index is 14.0. The maximum Gasteiger partial charge on any atom is 0.146 e. The van der Waals surface area contributed by atoms with Gasteiger partial charge in [0, 0.05) is 13.1 Å². The standard InChI is InChI=1S/C14H22FNO2/c1-3-4-7-16(8-9-17)14-6-5-12(11(2)18)10-13(14)15/h5-6,10-11,17-18H,3-4,7-9H2,1-2H3/t11-/m0/s1. The van der Waals surface area contributed by atoms with Gasteiger partial charge in [0.25, 0.3) is 0 Å². The van der Waals surface area contributed by atoms with E-state index in [-0.39, 0.29) is 12.4 Å². The highest BCUT2D eigenvalue weighted by Crippen LogP contribution is 2.23. The van der Waals surface area contributed by atoms with E-state index in [1.165, 1.54) is 6.07 Å². The van der Waals surface area contributed by atoms with Gasteiger partial charge < -0.3 is 15.1 Å². The van der Waals surface area contributed by atoms with E-state index in [0.717, 1.165) is 19.4 Å². The number of unbranched alkanes of at least 4 members (excludes halogenated alkanes) is 1. The van der Waals surface area contributed by atoms with Gasteiger partial charge in [-0.2, -0.15) is 0 Å². The quantitative estimate of drug-likeness (QED) is 0.786. The lowest BCUT2D eigenvalue weighted by Gasteiger charge is -2.24. The summed E-state index contributed by atoms with van der Waals surface area (Å²) in [4.78, 5) is 1.84. The zero-order valence-corrected chi connectivity index (χ0v) is 11.1. The van der Waals surface area contributed by atoms with Gasteiger partial charge in [-0.15, -0.1) is 0 Å². The van der Waals surface area contributed by atoms with Gasteiger partial charge in [-0.25, -0.2) is 4.39 Å². The molecule has 102 valence electrons. The van der Waals surface area contributed by atoms with Gasteiger partial charge in [0.1, 0.15) is 5.82 Å². The van der Waals surface area contributed by atoms with E-state index in [2.05, 4.69) is 6.92 Å². The average molecular weight is 255 g/mol. The lowest BCUT2D eigenvalue weighted by atomic mass is 10.1. The summed E-state index contributed by atoms with van der Waals surface area (Å²) in [6.45, 7) is 4.83. The summed E-state index contributed by atoms with van der Waals surface area (Å²) in [5.41, 5.74) is 1.05. The molecule has 0 spiro atoms. The summed E-state index contributed by atoms with van der Waals surface area (Å²) < 4.78 is 14.0. The lowest BCUT2D eigenvalue weighted by molar-refractivity contribution is 0.199. The Bertz CT molecular complexity index is 369. The monoisotopic (exact) mass is 255 g/mol. The first-order valence-electron chi connectivity index (χ1n) is 6.43. The van der Waals surface area contributed by atoms with E-state index in [9.17, 15) is 9.50 Å². The molecule has 4 heteroatoms. The summed E-state index contributed by atoms with van der Waals surface area (Å²) in [7, 11) is 0. The van der Waals surface area contributed by atoms with E-state index in [0.29, 0.717) is 17.8 Å². The Balaban J connectivity index is 2.90. The third kappa shape index (κ3) is 3.96. The van der Waals surface area contributed by atoms with Crippen molar-refractivity contribution in [2.24, 2.45) is 0 Å². The minimum atomic E-state index is -0.671. The molecule has 0 amide bonds. The van der Waals surface area contributed by atoms with Crippen LogP contribution in [0.15, 0.2) is 18.2 Å². The second kappa shape index (κ2) is 7.34. The lowest BCUT2D eigenvalue weighted by Crippen LogP contribution is -2.28. The predicted octanol–water partition coefficient (Wildman–Crippen LogP) is 2.48. The smallest absolute Gasteiger partial charge is 0.146 e. The van der Waals surface area contributed by atoms with Crippen molar-refractivity contribution >= 4 is 5.69 Å². The molecule has 0 aromatic heterocycles. The van der Waals surface area contributed by atoms with Crippen molar-refractivity contribution in [2.45, 2.75) is 32.8 Å². The molecular weight excluding hydrogens is 233 g/mol. The Morgan fingerprint density at radius 2 is 2.06 bits per heavy atom. The molecule has 1 rings (SSSR count). The van der Waals surface area contributed by atoms with Crippen LogP contribution in [0.3, 0.4) is 0 Å². The fourth-order valence-electron chi connectivity index (χ4n) is 1.86. The first-order chi connectivity index (χ1) is 8.60. The van der Waals surface area contributed by atoms with E-state index in [1.807, 2.05) is 4.90 Å². The van der Waals surface area contributed by atoms with Crippen LogP contribution in [0.2, 0.25) is 0 Å². The number of benzene rings is 1. The normalized spacial score (nSPS) is 12.5. The van der Waals surface area contributed by atoms with Gasteiger partial charge in [-0.05, 0) is 31.0 Å². The summed E-state index contributed by atoms with van der Waals surface area (Å²) in [6.07, 6.45) is 1.31. The molecule has 0 fully saturated rings. The molecule has 18 heavy (non-hydrogen) atoms. The molecule has 0 unspecified atom stereocenters. The van der Waals surface area contributed by atoms with Crippen LogP contribution in [-0.2, 0) is 0 Å². The SMILES string of the molecule is CCCCN(CCO)c1ccc([C@H](C)O)cc1F. The molecule has 2 N–H and O–H groups in total. The third-order valence-electron chi connectivity index (χ3n) is 2.95. The number of rotatable bonds is 7. The van der Waals surface area contributed by atoms with Crippen molar-refractivity contribution in [1.82, 2.24) is 0 Å². The van der Waals surface area contributed by atoms with E-state index >= 15 is 0 Å². The molecule has 3 nitrogen and oxygen atoms in total. The van der Waals surface area contributed by atoms with Gasteiger partial charge in [0.15, 0.2) is 0 Å². The Hall–Kier alpha value is -1.13. The molecule has 0 aliphatic rings. The average Bonchev–Trinajstić information content (AvgIpc) is 2.34. The number of aliphatic hydroxyl groups excluding tert-OH is 2. The molecular formula is C14H22FNO2. The second-order valence-electron chi connectivity index (χ2n) is 4.45. The molecule has 0 aliphatic carbocycles. The maximum atomic E-state index is 14.0. The topological polar surface area (TPSA) is 43.7 Å². The van der Waals surface area contributed by atoms with Crippen LogP contribution in [0.4, 0.5) is 10.1 Å². The molecule has 1 atom stereocenters. The van der Waals surface area contributed by atoms with Crippen molar-refractivity contribution < 1.29 is 14.6 Å². The Kier molecular flexibility index (Phi) is 6.09. The highest BCUT2D eigenvalue weighted by Gasteiger charge is 2.12. The second-order valence-corrected chi connectivity index (χ2v) is 4.45. The van der Waals surface area contributed by atoms with E-state index in [4.69, 9.17) is 5.11 Å². The van der Waals surface area contributed by atoms with Crippen molar-refractivity contribution in [3.8, 4) is 0 Å². The predicted molar refractivity (Wildman–Crippen MR) is 71.2 cm³/mol. The van der Waals surface area contributed by atoms with Crippen LogP contribution in [0, 0.1) is 5.82 Å². The van der Waals surface area contributed by atoms with Gasteiger partial charge in [-0.3, -0.25) is 0 Å². The highest BCUT2D eigenvalue weighted by atomic mass is 19.1. The largest absolute Gasteiger partial charge is 0.395 e. The number of aliphatic hydroxyl groups is 2. The number of hydrogen-bond acceptors (Lipinski definition) is 3. The highest BCUT2D eigenvalue weighted by molar-refractivity contribution is 5.49. The number of nitrogens with zero attached hydrogens (tertiary/aromatic N) is 1. The summed E-state index contributed by atoms with van der Waals surface area (Å²) >= 11 is 0. The fourth-order valence-corrected chi connectivity index (χ4v) is 1.86. The summed E-state index contributed by atoms with van der Waals surface area (Å²) in [5, 5.41) is 18.4. The van der Waals surface area contributed by atoms with Crippen molar-refractivity contribution in [2.75, 3.05) is 24.6 Å². The van der Waals surface area contributed by atoms with E-state index in [1.54, 1.807) is 19.1 Å². The number of anilines is 1. The van der Waals surface area contributed by atoms with Crippen molar-refractivity contribution in [3.63, 3.8) is 0 Å². The zero-order valence-electron chi connectivity index (χ0n) is 11.1. The minimum absolute atomic E-state index is 0.00130. The number of hydrogen-bond donors (Lipinski definition) is 2. The van der Waals surface area contributed by atoms with Crippen LogP contribution < -0.4 is 4.90 Å². The van der Waals surface area contributed by atoms with Crippen LogP contribution in [0.1, 0.15) is 38.4 Å². The first kappa shape index (κ1) is 14.9. The van der Waals surface area contributed by atoms with Crippen LogP contribution in [0.5, 0.6) is 0 Å². The Labute approximate surface area is 108 Å². The molecule has 1 aromatic rings. The molecule has 0 aliphatic heterocycles. The fraction of sp³-hybridized carbons (Fsp3) is 0.571. The Morgan fingerprint density at radius 1 is 1.33 bits per heavy atom. The molecule has 0 bridgehead atoms. The van der Waals surface area contributed by atoms with Gasteiger partial charge in [-0.1, -0.05) is 19.4 Å². The molecule has 1 aromatic carbocycles. The third-order valence-corrected chi connectivity index (χ3v) is 2.95. The van der Waals surface area contributed by atoms with Crippen molar-refractivity contribution in [3.05, 3.63) is 29.6 Å². The minimum Gasteiger partial charge on any atom is -0.395 e. The molecule has 0 heterocycles. The van der Waals surface area contributed by atoms with Gasteiger partial charge in [0.05, 0.1) is 18.4 Å². The zero-order chi connectivity index (χ0) is 13.5. The molecule has 0 radical (unpaired) electrons. The van der Waals surface area contributed by atoms with E-state index < -0.39 is 6.10 Å². The van der Waals surface area contributed by atoms with Crippen molar-refractivity contribution in [1.29, 1.82) is 0 Å². The van der Waals surface area contributed by atoms with Crippen LogP contribution in [0.25, 0.3) is 0 Å². The summed E-state index contributed by atoms with van der Waals surface area (Å²) in [5.74, 6) is -0.349. The Morgan fingerprint density at radius 3 is 2.56 bits per heavy atom. The van der Waals surface area contributed by atoms with Gasteiger partial charge >= 0.3 is 0 Å². The first-order valence-corrected chi connectivity index (χ1v) is 6.43. The van der Waals surface area contributed by atoms with Crippen LogP contribution in [-0.4, -0.2) is 29.9 Å². The van der Waals surface area contributed by atoms with Crippen LogP contribution >= 0.6 is 0 Å². The molecule has 0 saturated carbocycles. The summed E-state index contributed by atoms with van der Waals surface area (Å²) in [6, 6.07) is 4.75. The number of halogens is 1. The molecule has 0 saturated heterocycles.